The number of nitrogens with one attached hydrogen (secondary N) is 2. The third-order valence-corrected chi connectivity index (χ3v) is 4.78. The second-order valence-corrected chi connectivity index (χ2v) is 7.04. The smallest absolute Gasteiger partial charge is 0.333 e. The third kappa shape index (κ3) is 6.05. The molecular formula is C23H21ClN2O7. The van der Waals surface area contributed by atoms with Crippen molar-refractivity contribution in [3.8, 4) is 11.5 Å². The van der Waals surface area contributed by atoms with Gasteiger partial charge >= 0.3 is 5.97 Å². The summed E-state index contributed by atoms with van der Waals surface area (Å²) in [5, 5.41) is 5.38. The zero-order valence-electron chi connectivity index (χ0n) is 17.8. The van der Waals surface area contributed by atoms with Crippen LogP contribution in [0.25, 0.3) is 0 Å². The predicted molar refractivity (Wildman–Crippen MR) is 120 cm³/mol. The van der Waals surface area contributed by atoms with Gasteiger partial charge in [0, 0.05) is 6.07 Å². The summed E-state index contributed by atoms with van der Waals surface area (Å²) in [5.74, 6) is -1.35. The molecule has 3 rings (SSSR count). The fourth-order valence-corrected chi connectivity index (χ4v) is 3.14. The van der Waals surface area contributed by atoms with E-state index >= 15 is 0 Å². The maximum absolute atomic E-state index is 12.8. The van der Waals surface area contributed by atoms with Crippen molar-refractivity contribution in [2.75, 3.05) is 26.1 Å². The number of rotatable bonds is 9. The van der Waals surface area contributed by atoms with Crippen molar-refractivity contribution >= 4 is 35.1 Å². The van der Waals surface area contributed by atoms with Crippen LogP contribution in [0.3, 0.4) is 0 Å². The molecule has 2 aromatic carbocycles. The molecule has 0 aliphatic heterocycles. The van der Waals surface area contributed by atoms with Crippen LogP contribution >= 0.6 is 11.6 Å². The fraction of sp³-hybridized carbons (Fsp3) is 0.174. The van der Waals surface area contributed by atoms with Gasteiger partial charge in [-0.25, -0.2) is 4.79 Å². The van der Waals surface area contributed by atoms with Gasteiger partial charge < -0.3 is 29.3 Å². The quantitative estimate of drug-likeness (QED) is 0.457. The Morgan fingerprint density at radius 1 is 1.00 bits per heavy atom. The van der Waals surface area contributed by atoms with Crippen LogP contribution in [0.4, 0.5) is 5.69 Å². The molecule has 172 valence electrons. The van der Waals surface area contributed by atoms with E-state index in [1.807, 2.05) is 0 Å². The molecule has 0 radical (unpaired) electrons. The standard InChI is InChI=1S/C23H21ClN2O7/c1-30-18-12-19(31-2)16(11-15(18)24)25-20(27)13-33-23(29)21(14-7-4-3-5-8-14)26-22(28)17-9-6-10-32-17/h3-12,21H,13H2,1-2H3,(H,25,27)(H,26,28). The number of ether oxygens (including phenoxy) is 3. The average Bonchev–Trinajstić information content (AvgIpc) is 3.37. The lowest BCUT2D eigenvalue weighted by molar-refractivity contribution is -0.149. The third-order valence-electron chi connectivity index (χ3n) is 4.48. The van der Waals surface area contributed by atoms with Gasteiger partial charge in [-0.1, -0.05) is 41.9 Å². The molecule has 33 heavy (non-hydrogen) atoms. The maximum atomic E-state index is 12.8. The molecule has 1 atom stereocenters. The van der Waals surface area contributed by atoms with E-state index in [9.17, 15) is 14.4 Å². The van der Waals surface area contributed by atoms with E-state index in [0.717, 1.165) is 0 Å². The Kier molecular flexibility index (Phi) is 7.93. The normalized spacial score (nSPS) is 11.2. The lowest BCUT2D eigenvalue weighted by Gasteiger charge is -2.18. The van der Waals surface area contributed by atoms with E-state index in [2.05, 4.69) is 10.6 Å². The van der Waals surface area contributed by atoms with Gasteiger partial charge in [0.2, 0.25) is 0 Å². The van der Waals surface area contributed by atoms with Crippen molar-refractivity contribution < 1.29 is 33.0 Å². The number of halogens is 1. The molecule has 10 heteroatoms. The fourth-order valence-electron chi connectivity index (χ4n) is 2.90. The van der Waals surface area contributed by atoms with Crippen molar-refractivity contribution in [1.29, 1.82) is 0 Å². The molecule has 9 nitrogen and oxygen atoms in total. The van der Waals surface area contributed by atoms with Gasteiger partial charge in [0.1, 0.15) is 11.5 Å². The number of amides is 2. The highest BCUT2D eigenvalue weighted by Crippen LogP contribution is 2.35. The second-order valence-electron chi connectivity index (χ2n) is 6.64. The SMILES string of the molecule is COc1cc(OC)c(NC(=O)COC(=O)C(NC(=O)c2ccco2)c2ccccc2)cc1Cl. The molecule has 0 fully saturated rings. The Labute approximate surface area is 194 Å². The minimum Gasteiger partial charge on any atom is -0.495 e. The summed E-state index contributed by atoms with van der Waals surface area (Å²) in [5.41, 5.74) is 0.751. The molecule has 1 aromatic heterocycles. The second kappa shape index (κ2) is 11.1. The summed E-state index contributed by atoms with van der Waals surface area (Å²) in [7, 11) is 2.87. The van der Waals surface area contributed by atoms with Crippen LogP contribution in [-0.4, -0.2) is 38.6 Å². The molecule has 0 aliphatic rings. The first-order valence-corrected chi connectivity index (χ1v) is 10.1. The first kappa shape index (κ1) is 23.7. The van der Waals surface area contributed by atoms with Crippen molar-refractivity contribution in [3.63, 3.8) is 0 Å². The molecular weight excluding hydrogens is 452 g/mol. The lowest BCUT2D eigenvalue weighted by Crippen LogP contribution is -2.36. The molecule has 3 aromatic rings. The molecule has 0 aliphatic carbocycles. The van der Waals surface area contributed by atoms with Crippen LogP contribution in [0.15, 0.2) is 65.3 Å². The number of anilines is 1. The highest BCUT2D eigenvalue weighted by atomic mass is 35.5. The minimum absolute atomic E-state index is 0.0324. The summed E-state index contributed by atoms with van der Waals surface area (Å²) < 4.78 is 20.6. The Morgan fingerprint density at radius 2 is 1.73 bits per heavy atom. The zero-order chi connectivity index (χ0) is 23.8. The Hall–Kier alpha value is -3.98. The highest BCUT2D eigenvalue weighted by molar-refractivity contribution is 6.32. The van der Waals surface area contributed by atoms with Crippen molar-refractivity contribution in [1.82, 2.24) is 5.32 Å². The number of esters is 1. The first-order chi connectivity index (χ1) is 15.9. The van der Waals surface area contributed by atoms with E-state index in [-0.39, 0.29) is 16.5 Å². The number of benzene rings is 2. The summed E-state index contributed by atoms with van der Waals surface area (Å²) in [4.78, 5) is 37.6. The zero-order valence-corrected chi connectivity index (χ0v) is 18.5. The van der Waals surface area contributed by atoms with Crippen LogP contribution in [-0.2, 0) is 14.3 Å². The molecule has 2 N–H and O–H groups in total. The van der Waals surface area contributed by atoms with Gasteiger partial charge in [-0.15, -0.1) is 0 Å². The average molecular weight is 473 g/mol. The van der Waals surface area contributed by atoms with Crippen molar-refractivity contribution in [3.05, 3.63) is 77.2 Å². The number of carbonyl (C=O) groups is 3. The van der Waals surface area contributed by atoms with Gasteiger partial charge in [0.05, 0.1) is 31.2 Å². The molecule has 0 saturated carbocycles. The molecule has 1 heterocycles. The van der Waals surface area contributed by atoms with Crippen molar-refractivity contribution in [2.24, 2.45) is 0 Å². The van der Waals surface area contributed by atoms with Crippen LogP contribution in [0.2, 0.25) is 5.02 Å². The Morgan fingerprint density at radius 3 is 2.36 bits per heavy atom. The monoisotopic (exact) mass is 472 g/mol. The summed E-state index contributed by atoms with van der Waals surface area (Å²) >= 11 is 6.10. The summed E-state index contributed by atoms with van der Waals surface area (Å²) in [6.45, 7) is -0.606. The minimum atomic E-state index is -1.15. The number of furan rings is 1. The van der Waals surface area contributed by atoms with E-state index < -0.39 is 30.4 Å². The number of hydrogen-bond acceptors (Lipinski definition) is 7. The van der Waals surface area contributed by atoms with Gasteiger partial charge in [-0.2, -0.15) is 0 Å². The van der Waals surface area contributed by atoms with Crippen LogP contribution in [0.1, 0.15) is 22.2 Å². The van der Waals surface area contributed by atoms with Crippen LogP contribution < -0.4 is 20.1 Å². The van der Waals surface area contributed by atoms with E-state index in [0.29, 0.717) is 17.1 Å². The van der Waals surface area contributed by atoms with E-state index in [4.69, 9.17) is 30.2 Å². The number of carbonyl (C=O) groups excluding carboxylic acids is 3. The molecule has 0 spiro atoms. The Bertz CT molecular complexity index is 1120. The summed E-state index contributed by atoms with van der Waals surface area (Å²) in [6.07, 6.45) is 1.34. The number of methoxy groups -OCH3 is 2. The molecule has 2 amide bonds. The van der Waals surface area contributed by atoms with E-state index in [1.165, 1.54) is 38.7 Å². The van der Waals surface area contributed by atoms with Crippen LogP contribution in [0.5, 0.6) is 11.5 Å². The largest absolute Gasteiger partial charge is 0.495 e. The predicted octanol–water partition coefficient (Wildman–Crippen LogP) is 3.60. The first-order valence-electron chi connectivity index (χ1n) is 9.70. The summed E-state index contributed by atoms with van der Waals surface area (Å²) in [6, 6.07) is 13.3. The van der Waals surface area contributed by atoms with Gasteiger partial charge in [0.25, 0.3) is 11.8 Å². The number of hydrogen-bond donors (Lipinski definition) is 2. The maximum Gasteiger partial charge on any atom is 0.333 e. The lowest BCUT2D eigenvalue weighted by atomic mass is 10.1. The molecule has 0 saturated heterocycles. The molecule has 0 bridgehead atoms. The van der Waals surface area contributed by atoms with Crippen molar-refractivity contribution in [2.45, 2.75) is 6.04 Å². The highest BCUT2D eigenvalue weighted by Gasteiger charge is 2.26. The van der Waals surface area contributed by atoms with Gasteiger partial charge in [-0.3, -0.25) is 9.59 Å². The topological polar surface area (TPSA) is 116 Å². The van der Waals surface area contributed by atoms with Gasteiger partial charge in [0.15, 0.2) is 18.4 Å². The Balaban J connectivity index is 1.68. The van der Waals surface area contributed by atoms with E-state index in [1.54, 1.807) is 36.4 Å². The van der Waals surface area contributed by atoms with Crippen LogP contribution in [0, 0.1) is 0 Å². The molecule has 1 unspecified atom stereocenters. The van der Waals surface area contributed by atoms with Gasteiger partial charge in [-0.05, 0) is 23.8 Å².